The van der Waals surface area contributed by atoms with Gasteiger partial charge in [-0.25, -0.2) is 9.78 Å². The first-order chi connectivity index (χ1) is 9.08. The number of benzene rings is 1. The van der Waals surface area contributed by atoms with Crippen molar-refractivity contribution in [2.24, 2.45) is 7.05 Å². The van der Waals surface area contributed by atoms with Gasteiger partial charge in [-0.3, -0.25) is 4.79 Å². The van der Waals surface area contributed by atoms with E-state index in [-0.39, 0.29) is 11.5 Å². The van der Waals surface area contributed by atoms with E-state index >= 15 is 0 Å². The molecule has 6 nitrogen and oxygen atoms in total. The number of aryl methyl sites for hydroxylation is 1. The Labute approximate surface area is 109 Å². The zero-order valence-corrected chi connectivity index (χ0v) is 10.3. The van der Waals surface area contributed by atoms with E-state index in [2.05, 4.69) is 10.3 Å². The number of carboxylic acids is 1. The van der Waals surface area contributed by atoms with E-state index in [0.717, 1.165) is 5.56 Å². The molecule has 1 aromatic heterocycles. The van der Waals surface area contributed by atoms with Crippen molar-refractivity contribution in [3.8, 4) is 0 Å². The first-order valence-corrected chi connectivity index (χ1v) is 5.64. The number of carboxylic acid groups (broad SMARTS) is 1. The number of carbonyl (C=O) groups excluding carboxylic acids is 1. The van der Waals surface area contributed by atoms with Gasteiger partial charge in [-0.15, -0.1) is 0 Å². The molecule has 1 amide bonds. The zero-order chi connectivity index (χ0) is 13.8. The largest absolute Gasteiger partial charge is 0.478 e. The minimum atomic E-state index is -0.967. The van der Waals surface area contributed by atoms with Crippen LogP contribution in [0.25, 0.3) is 0 Å². The number of hydrogen-bond acceptors (Lipinski definition) is 3. The molecule has 19 heavy (non-hydrogen) atoms. The van der Waals surface area contributed by atoms with E-state index in [0.29, 0.717) is 12.2 Å². The third kappa shape index (κ3) is 2.98. The SMILES string of the molecule is Cn1cncc1C(=O)NCc1ccc(C(=O)O)cc1. The van der Waals surface area contributed by atoms with Crippen LogP contribution in [0.4, 0.5) is 0 Å². The van der Waals surface area contributed by atoms with Gasteiger partial charge in [0.05, 0.1) is 18.1 Å². The normalized spacial score (nSPS) is 10.2. The Morgan fingerprint density at radius 2 is 2.00 bits per heavy atom. The fraction of sp³-hybridized carbons (Fsp3) is 0.154. The van der Waals surface area contributed by atoms with Gasteiger partial charge < -0.3 is 15.0 Å². The van der Waals surface area contributed by atoms with E-state index in [1.54, 1.807) is 30.1 Å². The summed E-state index contributed by atoms with van der Waals surface area (Å²) in [5.41, 5.74) is 1.53. The maximum atomic E-state index is 11.8. The predicted octanol–water partition coefficient (Wildman–Crippen LogP) is 1.05. The molecule has 2 rings (SSSR count). The lowest BCUT2D eigenvalue weighted by atomic mass is 10.1. The second-order valence-corrected chi connectivity index (χ2v) is 4.07. The predicted molar refractivity (Wildman–Crippen MR) is 67.8 cm³/mol. The third-order valence-corrected chi connectivity index (χ3v) is 2.70. The first-order valence-electron chi connectivity index (χ1n) is 5.64. The maximum Gasteiger partial charge on any atom is 0.335 e. The quantitative estimate of drug-likeness (QED) is 0.859. The molecule has 0 aliphatic carbocycles. The second-order valence-electron chi connectivity index (χ2n) is 4.07. The van der Waals surface area contributed by atoms with Crippen LogP contribution in [0.15, 0.2) is 36.8 Å². The summed E-state index contributed by atoms with van der Waals surface area (Å²) in [6.07, 6.45) is 3.04. The molecule has 2 N–H and O–H groups in total. The van der Waals surface area contributed by atoms with Crippen LogP contribution in [-0.4, -0.2) is 26.5 Å². The fourth-order valence-electron chi connectivity index (χ4n) is 1.61. The molecule has 1 heterocycles. The topological polar surface area (TPSA) is 84.2 Å². The van der Waals surface area contributed by atoms with Crippen molar-refractivity contribution in [1.82, 2.24) is 14.9 Å². The van der Waals surface area contributed by atoms with Gasteiger partial charge in [-0.1, -0.05) is 12.1 Å². The zero-order valence-electron chi connectivity index (χ0n) is 10.3. The average molecular weight is 259 g/mol. The number of amides is 1. The molecule has 0 aliphatic heterocycles. The summed E-state index contributed by atoms with van der Waals surface area (Å²) >= 11 is 0. The Bertz CT molecular complexity index is 602. The Kier molecular flexibility index (Phi) is 3.61. The van der Waals surface area contributed by atoms with Gasteiger partial charge in [0.15, 0.2) is 0 Å². The summed E-state index contributed by atoms with van der Waals surface area (Å²) in [7, 11) is 1.74. The number of aromatic nitrogens is 2. The number of aromatic carboxylic acids is 1. The standard InChI is InChI=1S/C13H13N3O3/c1-16-8-14-7-11(16)12(17)15-6-9-2-4-10(5-3-9)13(18)19/h2-5,7-8H,6H2,1H3,(H,15,17)(H,18,19). The van der Waals surface area contributed by atoms with Crippen LogP contribution in [0.1, 0.15) is 26.4 Å². The van der Waals surface area contributed by atoms with Crippen LogP contribution in [0.2, 0.25) is 0 Å². The highest BCUT2D eigenvalue weighted by Crippen LogP contribution is 2.05. The van der Waals surface area contributed by atoms with Gasteiger partial charge >= 0.3 is 5.97 Å². The highest BCUT2D eigenvalue weighted by molar-refractivity contribution is 5.92. The van der Waals surface area contributed by atoms with Crippen LogP contribution in [-0.2, 0) is 13.6 Å². The summed E-state index contributed by atoms with van der Waals surface area (Å²) in [6, 6.07) is 6.36. The van der Waals surface area contributed by atoms with Gasteiger partial charge in [-0.2, -0.15) is 0 Å². The highest BCUT2D eigenvalue weighted by Gasteiger charge is 2.09. The lowest BCUT2D eigenvalue weighted by Gasteiger charge is -2.06. The second kappa shape index (κ2) is 5.34. The minimum Gasteiger partial charge on any atom is -0.478 e. The average Bonchev–Trinajstić information content (AvgIpc) is 2.83. The van der Waals surface area contributed by atoms with E-state index < -0.39 is 5.97 Å². The van der Waals surface area contributed by atoms with Crippen molar-refractivity contribution in [2.45, 2.75) is 6.54 Å². The third-order valence-electron chi connectivity index (χ3n) is 2.70. The van der Waals surface area contributed by atoms with Crippen LogP contribution < -0.4 is 5.32 Å². The molecule has 0 unspecified atom stereocenters. The Hall–Kier alpha value is -2.63. The summed E-state index contributed by atoms with van der Waals surface area (Å²) < 4.78 is 1.63. The molecule has 6 heteroatoms. The van der Waals surface area contributed by atoms with Crippen molar-refractivity contribution in [3.63, 3.8) is 0 Å². The van der Waals surface area contributed by atoms with Gasteiger partial charge in [0.1, 0.15) is 5.69 Å². The van der Waals surface area contributed by atoms with Gasteiger partial charge in [0.2, 0.25) is 0 Å². The summed E-state index contributed by atoms with van der Waals surface area (Å²) in [5, 5.41) is 11.5. The smallest absolute Gasteiger partial charge is 0.335 e. The molecule has 0 spiro atoms. The lowest BCUT2D eigenvalue weighted by molar-refractivity contribution is 0.0696. The molecule has 1 aromatic carbocycles. The van der Waals surface area contributed by atoms with Crippen LogP contribution in [0.3, 0.4) is 0 Å². The molecule has 0 saturated carbocycles. The Balaban J connectivity index is 1.97. The van der Waals surface area contributed by atoms with Gasteiger partial charge in [0.25, 0.3) is 5.91 Å². The number of carbonyl (C=O) groups is 2. The van der Waals surface area contributed by atoms with Crippen molar-refractivity contribution in [3.05, 3.63) is 53.6 Å². The first kappa shape index (κ1) is 12.8. The van der Waals surface area contributed by atoms with Crippen molar-refractivity contribution in [1.29, 1.82) is 0 Å². The number of rotatable bonds is 4. The molecule has 0 saturated heterocycles. The molecule has 98 valence electrons. The number of nitrogens with zero attached hydrogens (tertiary/aromatic N) is 2. The molecular weight excluding hydrogens is 246 g/mol. The maximum absolute atomic E-state index is 11.8. The minimum absolute atomic E-state index is 0.220. The number of nitrogens with one attached hydrogen (secondary N) is 1. The molecule has 0 bridgehead atoms. The van der Waals surface area contributed by atoms with Gasteiger partial charge in [-0.05, 0) is 17.7 Å². The van der Waals surface area contributed by atoms with Crippen molar-refractivity contribution < 1.29 is 14.7 Å². The molecular formula is C13H13N3O3. The summed E-state index contributed by atoms with van der Waals surface area (Å²) in [5.74, 6) is -1.19. The van der Waals surface area contributed by atoms with E-state index in [9.17, 15) is 9.59 Å². The van der Waals surface area contributed by atoms with Crippen LogP contribution in [0.5, 0.6) is 0 Å². The molecule has 0 fully saturated rings. The van der Waals surface area contributed by atoms with Gasteiger partial charge in [0, 0.05) is 13.6 Å². The molecule has 2 aromatic rings. The van der Waals surface area contributed by atoms with Crippen LogP contribution in [0, 0.1) is 0 Å². The lowest BCUT2D eigenvalue weighted by Crippen LogP contribution is -2.24. The Morgan fingerprint density at radius 3 is 2.53 bits per heavy atom. The van der Waals surface area contributed by atoms with E-state index in [4.69, 9.17) is 5.11 Å². The summed E-state index contributed by atoms with van der Waals surface area (Å²) in [6.45, 7) is 0.337. The van der Waals surface area contributed by atoms with E-state index in [1.807, 2.05) is 0 Å². The molecule has 0 atom stereocenters. The number of imidazole rings is 1. The van der Waals surface area contributed by atoms with E-state index in [1.165, 1.54) is 18.3 Å². The van der Waals surface area contributed by atoms with Crippen molar-refractivity contribution >= 4 is 11.9 Å². The number of hydrogen-bond donors (Lipinski definition) is 2. The fourth-order valence-corrected chi connectivity index (χ4v) is 1.61. The van der Waals surface area contributed by atoms with Crippen LogP contribution >= 0.6 is 0 Å². The monoisotopic (exact) mass is 259 g/mol. The molecule has 0 aliphatic rings. The molecule has 0 radical (unpaired) electrons. The highest BCUT2D eigenvalue weighted by atomic mass is 16.4. The summed E-state index contributed by atoms with van der Waals surface area (Å²) in [4.78, 5) is 26.4. The van der Waals surface area contributed by atoms with Crippen molar-refractivity contribution in [2.75, 3.05) is 0 Å². The Morgan fingerprint density at radius 1 is 1.32 bits per heavy atom.